The highest BCUT2D eigenvalue weighted by atomic mass is 16.5. The van der Waals surface area contributed by atoms with Gasteiger partial charge < -0.3 is 4.74 Å². The van der Waals surface area contributed by atoms with Crippen molar-refractivity contribution in [2.24, 2.45) is 0 Å². The molecular formula is C16H15O. The van der Waals surface area contributed by atoms with Gasteiger partial charge in [0, 0.05) is 0 Å². The largest absolute Gasteiger partial charge is 0.374 e. The molecule has 0 aliphatic carbocycles. The van der Waals surface area contributed by atoms with E-state index in [1.807, 2.05) is 30.3 Å². The predicted octanol–water partition coefficient (Wildman–Crippen LogP) is 4.17. The summed E-state index contributed by atoms with van der Waals surface area (Å²) in [5.41, 5.74) is 3.50. The van der Waals surface area contributed by atoms with E-state index >= 15 is 0 Å². The van der Waals surface area contributed by atoms with Gasteiger partial charge in [0.05, 0.1) is 13.7 Å². The Bertz CT molecular complexity index is 486. The van der Waals surface area contributed by atoms with Crippen molar-refractivity contribution < 1.29 is 4.74 Å². The number of hydrogen-bond donors (Lipinski definition) is 0. The van der Waals surface area contributed by atoms with E-state index in [0.29, 0.717) is 6.61 Å². The quantitative estimate of drug-likeness (QED) is 0.707. The topological polar surface area (TPSA) is 9.23 Å². The maximum absolute atomic E-state index is 4.87. The van der Waals surface area contributed by atoms with Crippen molar-refractivity contribution in [3.8, 4) is 0 Å². The standard InChI is InChI=1S/C16H15O/c1-17-13-16-9-5-8-15(12-16)11-10-14-6-3-2-4-7-14/h2-12H,1,13H2. The Hall–Kier alpha value is -1.86. The average molecular weight is 223 g/mol. The molecule has 0 aliphatic rings. The Labute approximate surface area is 102 Å². The van der Waals surface area contributed by atoms with E-state index in [-0.39, 0.29) is 0 Å². The van der Waals surface area contributed by atoms with Crippen LogP contribution in [0.15, 0.2) is 54.6 Å². The Morgan fingerprint density at radius 1 is 0.882 bits per heavy atom. The van der Waals surface area contributed by atoms with E-state index in [1.54, 1.807) is 0 Å². The first kappa shape index (κ1) is 11.6. The molecule has 0 aromatic heterocycles. The second-order valence-corrected chi connectivity index (χ2v) is 3.84. The Morgan fingerprint density at radius 3 is 2.35 bits per heavy atom. The lowest BCUT2D eigenvalue weighted by atomic mass is 10.1. The van der Waals surface area contributed by atoms with Crippen molar-refractivity contribution in [1.82, 2.24) is 0 Å². The normalized spacial score (nSPS) is 10.9. The van der Waals surface area contributed by atoms with E-state index in [4.69, 9.17) is 4.74 Å². The lowest BCUT2D eigenvalue weighted by Gasteiger charge is -2.00. The molecule has 2 rings (SSSR count). The van der Waals surface area contributed by atoms with Gasteiger partial charge in [-0.2, -0.15) is 0 Å². The van der Waals surface area contributed by atoms with Gasteiger partial charge in [-0.05, 0) is 22.8 Å². The van der Waals surface area contributed by atoms with Crippen LogP contribution in [-0.2, 0) is 11.3 Å². The minimum atomic E-state index is 0.549. The van der Waals surface area contributed by atoms with Crippen LogP contribution in [0, 0.1) is 7.11 Å². The molecule has 85 valence electrons. The molecule has 0 N–H and O–H groups in total. The summed E-state index contributed by atoms with van der Waals surface area (Å²) in [6.07, 6.45) is 4.20. The molecule has 0 fully saturated rings. The van der Waals surface area contributed by atoms with Crippen LogP contribution >= 0.6 is 0 Å². The van der Waals surface area contributed by atoms with Crippen molar-refractivity contribution in [3.05, 3.63) is 78.4 Å². The Balaban J connectivity index is 2.13. The van der Waals surface area contributed by atoms with Gasteiger partial charge in [-0.25, -0.2) is 0 Å². The molecule has 0 heterocycles. The fraction of sp³-hybridized carbons (Fsp3) is 0.0625. The molecule has 1 radical (unpaired) electrons. The summed E-state index contributed by atoms with van der Waals surface area (Å²) >= 11 is 0. The smallest absolute Gasteiger partial charge is 0.0718 e. The van der Waals surface area contributed by atoms with Gasteiger partial charge in [0.15, 0.2) is 0 Å². The van der Waals surface area contributed by atoms with Crippen LogP contribution in [0.4, 0.5) is 0 Å². The van der Waals surface area contributed by atoms with Crippen molar-refractivity contribution in [2.75, 3.05) is 0 Å². The Kier molecular flexibility index (Phi) is 4.11. The molecule has 17 heavy (non-hydrogen) atoms. The van der Waals surface area contributed by atoms with Crippen LogP contribution in [0.3, 0.4) is 0 Å². The van der Waals surface area contributed by atoms with Crippen molar-refractivity contribution in [1.29, 1.82) is 0 Å². The minimum Gasteiger partial charge on any atom is -0.374 e. The van der Waals surface area contributed by atoms with Crippen LogP contribution in [-0.4, -0.2) is 0 Å². The molecule has 1 nitrogen and oxygen atoms in total. The number of hydrogen-bond acceptors (Lipinski definition) is 1. The molecule has 0 unspecified atom stereocenters. The van der Waals surface area contributed by atoms with Crippen LogP contribution in [0.2, 0.25) is 0 Å². The van der Waals surface area contributed by atoms with Gasteiger partial charge in [0.1, 0.15) is 0 Å². The van der Waals surface area contributed by atoms with Gasteiger partial charge in [0.25, 0.3) is 0 Å². The highest BCUT2D eigenvalue weighted by molar-refractivity contribution is 5.69. The summed E-state index contributed by atoms with van der Waals surface area (Å²) in [6, 6.07) is 18.5. The summed E-state index contributed by atoms with van der Waals surface area (Å²) in [5, 5.41) is 0. The maximum atomic E-state index is 4.87. The van der Waals surface area contributed by atoms with Crippen LogP contribution in [0.1, 0.15) is 16.7 Å². The second kappa shape index (κ2) is 6.02. The molecule has 0 amide bonds. The fourth-order valence-electron chi connectivity index (χ4n) is 1.66. The molecular weight excluding hydrogens is 208 g/mol. The number of benzene rings is 2. The molecule has 0 bridgehead atoms. The molecule has 0 saturated carbocycles. The zero-order chi connectivity index (χ0) is 11.9. The lowest BCUT2D eigenvalue weighted by molar-refractivity contribution is 0.229. The van der Waals surface area contributed by atoms with E-state index in [2.05, 4.69) is 43.5 Å². The molecule has 1 heteroatoms. The van der Waals surface area contributed by atoms with Gasteiger partial charge in [-0.3, -0.25) is 0 Å². The number of rotatable bonds is 4. The summed E-state index contributed by atoms with van der Waals surface area (Å²) < 4.78 is 4.87. The first-order valence-corrected chi connectivity index (χ1v) is 5.57. The summed E-state index contributed by atoms with van der Waals surface area (Å²) in [5.74, 6) is 0. The molecule has 0 spiro atoms. The molecule has 0 saturated heterocycles. The number of ether oxygens (including phenoxy) is 1. The van der Waals surface area contributed by atoms with Crippen molar-refractivity contribution >= 4 is 12.2 Å². The van der Waals surface area contributed by atoms with Crippen LogP contribution in [0.25, 0.3) is 12.2 Å². The molecule has 0 atom stereocenters. The van der Waals surface area contributed by atoms with Crippen LogP contribution < -0.4 is 0 Å². The highest BCUT2D eigenvalue weighted by Crippen LogP contribution is 2.11. The van der Waals surface area contributed by atoms with E-state index < -0.39 is 0 Å². The third kappa shape index (κ3) is 3.58. The van der Waals surface area contributed by atoms with Gasteiger partial charge in [0.2, 0.25) is 0 Å². The van der Waals surface area contributed by atoms with Crippen molar-refractivity contribution in [3.63, 3.8) is 0 Å². The lowest BCUT2D eigenvalue weighted by Crippen LogP contribution is -1.85. The van der Waals surface area contributed by atoms with Crippen molar-refractivity contribution in [2.45, 2.75) is 6.61 Å². The summed E-state index contributed by atoms with van der Waals surface area (Å²) in [6.45, 7) is 0.549. The fourth-order valence-corrected chi connectivity index (χ4v) is 1.66. The molecule has 2 aromatic rings. The first-order chi connectivity index (χ1) is 8.38. The first-order valence-electron chi connectivity index (χ1n) is 5.57. The van der Waals surface area contributed by atoms with E-state index in [1.165, 1.54) is 11.1 Å². The van der Waals surface area contributed by atoms with E-state index in [9.17, 15) is 0 Å². The highest BCUT2D eigenvalue weighted by Gasteiger charge is 1.92. The minimum absolute atomic E-state index is 0.549. The SMILES string of the molecule is [CH2]OCc1cccc(C=Cc2ccccc2)c1. The Morgan fingerprint density at radius 2 is 1.59 bits per heavy atom. The van der Waals surface area contributed by atoms with Gasteiger partial charge in [-0.15, -0.1) is 0 Å². The van der Waals surface area contributed by atoms with Crippen LogP contribution in [0.5, 0.6) is 0 Å². The van der Waals surface area contributed by atoms with E-state index in [0.717, 1.165) is 5.56 Å². The van der Waals surface area contributed by atoms with Gasteiger partial charge in [-0.1, -0.05) is 60.7 Å². The summed E-state index contributed by atoms with van der Waals surface area (Å²) in [7, 11) is 3.39. The van der Waals surface area contributed by atoms with Gasteiger partial charge >= 0.3 is 0 Å². The third-order valence-electron chi connectivity index (χ3n) is 2.49. The zero-order valence-corrected chi connectivity index (χ0v) is 9.67. The average Bonchev–Trinajstić information content (AvgIpc) is 2.39. The monoisotopic (exact) mass is 223 g/mol. The third-order valence-corrected chi connectivity index (χ3v) is 2.49. The zero-order valence-electron chi connectivity index (χ0n) is 9.67. The second-order valence-electron chi connectivity index (χ2n) is 3.84. The maximum Gasteiger partial charge on any atom is 0.0718 e. The predicted molar refractivity (Wildman–Crippen MR) is 72.0 cm³/mol. The molecule has 2 aromatic carbocycles. The summed E-state index contributed by atoms with van der Waals surface area (Å²) in [4.78, 5) is 0. The molecule has 0 aliphatic heterocycles.